The van der Waals surface area contributed by atoms with Gasteiger partial charge in [0.1, 0.15) is 11.6 Å². The Morgan fingerprint density at radius 1 is 1.32 bits per heavy atom. The molecule has 0 amide bonds. The molecule has 0 bridgehead atoms. The number of aryl methyl sites for hydroxylation is 1. The van der Waals surface area contributed by atoms with Crippen molar-refractivity contribution in [2.45, 2.75) is 19.8 Å². The third-order valence-electron chi connectivity index (χ3n) is 2.61. The van der Waals surface area contributed by atoms with Crippen LogP contribution in [-0.4, -0.2) is 9.97 Å². The van der Waals surface area contributed by atoms with Crippen molar-refractivity contribution in [3.05, 3.63) is 40.2 Å². The van der Waals surface area contributed by atoms with Gasteiger partial charge in [0.15, 0.2) is 5.82 Å². The van der Waals surface area contributed by atoms with Crippen LogP contribution in [0.4, 0.5) is 10.2 Å². The Bertz CT molecular complexity index is 589. The van der Waals surface area contributed by atoms with E-state index in [9.17, 15) is 4.39 Å². The molecule has 0 aliphatic carbocycles. The van der Waals surface area contributed by atoms with Gasteiger partial charge in [0.25, 0.3) is 0 Å². The van der Waals surface area contributed by atoms with Crippen molar-refractivity contribution in [2.75, 3.05) is 5.43 Å². The fraction of sp³-hybridized carbons (Fsp3) is 0.231. The summed E-state index contributed by atoms with van der Waals surface area (Å²) in [5.74, 6) is 6.04. The fourth-order valence-corrected chi connectivity index (χ4v) is 1.97. The maximum Gasteiger partial charge on any atom is 0.161 e. The molecule has 3 N–H and O–H groups in total. The van der Waals surface area contributed by atoms with E-state index in [0.29, 0.717) is 21.7 Å². The van der Waals surface area contributed by atoms with Crippen molar-refractivity contribution in [2.24, 2.45) is 5.84 Å². The zero-order chi connectivity index (χ0) is 13.8. The van der Waals surface area contributed by atoms with E-state index < -0.39 is 0 Å². The number of nitrogen functional groups attached to an aromatic ring is 1. The third-order valence-corrected chi connectivity index (χ3v) is 3.25. The summed E-state index contributed by atoms with van der Waals surface area (Å²) in [6.07, 6.45) is 1.79. The molecule has 100 valence electrons. The van der Waals surface area contributed by atoms with Crippen LogP contribution in [0.25, 0.3) is 11.4 Å². The molecule has 0 aliphatic rings. The lowest BCUT2D eigenvalue weighted by atomic mass is 10.2. The van der Waals surface area contributed by atoms with Crippen molar-refractivity contribution in [1.82, 2.24) is 9.97 Å². The highest BCUT2D eigenvalue weighted by atomic mass is 79.9. The molecule has 0 unspecified atom stereocenters. The summed E-state index contributed by atoms with van der Waals surface area (Å²) in [6, 6.07) is 6.59. The van der Waals surface area contributed by atoms with Gasteiger partial charge in [0.05, 0.1) is 4.47 Å². The Labute approximate surface area is 119 Å². The topological polar surface area (TPSA) is 63.8 Å². The van der Waals surface area contributed by atoms with Crippen molar-refractivity contribution < 1.29 is 4.39 Å². The highest BCUT2D eigenvalue weighted by molar-refractivity contribution is 9.10. The largest absolute Gasteiger partial charge is 0.308 e. The molecule has 1 aromatic carbocycles. The lowest BCUT2D eigenvalue weighted by Gasteiger charge is -2.07. The third kappa shape index (κ3) is 3.27. The smallest absolute Gasteiger partial charge is 0.161 e. The average Bonchev–Trinajstić information content (AvgIpc) is 2.42. The van der Waals surface area contributed by atoms with Crippen LogP contribution in [0.2, 0.25) is 0 Å². The highest BCUT2D eigenvalue weighted by Crippen LogP contribution is 2.23. The standard InChI is InChI=1S/C13H14BrFN4/c1-2-3-9-7-12(19-16)18-13(17-9)8-4-5-10(14)11(15)6-8/h4-7H,2-3,16H2,1H3,(H,17,18,19). The van der Waals surface area contributed by atoms with E-state index in [1.807, 2.05) is 0 Å². The second-order valence-corrected chi connectivity index (χ2v) is 4.95. The molecular weight excluding hydrogens is 311 g/mol. The van der Waals surface area contributed by atoms with E-state index >= 15 is 0 Å². The average molecular weight is 325 g/mol. The monoisotopic (exact) mass is 324 g/mol. The lowest BCUT2D eigenvalue weighted by Crippen LogP contribution is -2.10. The first-order valence-electron chi connectivity index (χ1n) is 5.94. The molecule has 0 saturated carbocycles. The number of nitrogens with two attached hydrogens (primary N) is 1. The molecule has 0 fully saturated rings. The number of nitrogens with zero attached hydrogens (tertiary/aromatic N) is 2. The van der Waals surface area contributed by atoms with E-state index in [2.05, 4.69) is 38.2 Å². The summed E-state index contributed by atoms with van der Waals surface area (Å²) in [5, 5.41) is 0. The second kappa shape index (κ2) is 6.08. The Kier molecular flexibility index (Phi) is 4.44. The van der Waals surface area contributed by atoms with E-state index in [1.54, 1.807) is 18.2 Å². The summed E-state index contributed by atoms with van der Waals surface area (Å²) in [7, 11) is 0. The summed E-state index contributed by atoms with van der Waals surface area (Å²) < 4.78 is 14.0. The number of rotatable bonds is 4. The van der Waals surface area contributed by atoms with Gasteiger partial charge in [0.2, 0.25) is 0 Å². The predicted octanol–water partition coefficient (Wildman–Crippen LogP) is 3.28. The number of hydrogen-bond acceptors (Lipinski definition) is 4. The van der Waals surface area contributed by atoms with Gasteiger partial charge >= 0.3 is 0 Å². The Morgan fingerprint density at radius 3 is 2.74 bits per heavy atom. The van der Waals surface area contributed by atoms with Crippen LogP contribution in [-0.2, 0) is 6.42 Å². The van der Waals surface area contributed by atoms with Gasteiger partial charge in [-0.15, -0.1) is 0 Å². The molecular formula is C13H14BrFN4. The first-order valence-corrected chi connectivity index (χ1v) is 6.73. The molecule has 2 rings (SSSR count). The highest BCUT2D eigenvalue weighted by Gasteiger charge is 2.08. The maximum absolute atomic E-state index is 13.6. The minimum absolute atomic E-state index is 0.343. The van der Waals surface area contributed by atoms with Gasteiger partial charge in [-0.1, -0.05) is 13.3 Å². The predicted molar refractivity (Wildman–Crippen MR) is 76.9 cm³/mol. The normalized spacial score (nSPS) is 10.5. The number of anilines is 1. The molecule has 4 nitrogen and oxygen atoms in total. The molecule has 1 heterocycles. The van der Waals surface area contributed by atoms with Crippen molar-refractivity contribution >= 4 is 21.7 Å². The molecule has 19 heavy (non-hydrogen) atoms. The van der Waals surface area contributed by atoms with E-state index in [4.69, 9.17) is 5.84 Å². The first kappa shape index (κ1) is 13.9. The van der Waals surface area contributed by atoms with Crippen LogP contribution in [0, 0.1) is 5.82 Å². The Hall–Kier alpha value is -1.53. The fourth-order valence-electron chi connectivity index (χ4n) is 1.72. The number of hydrazine groups is 1. The summed E-state index contributed by atoms with van der Waals surface area (Å²) in [6.45, 7) is 2.07. The number of benzene rings is 1. The van der Waals surface area contributed by atoms with Crippen molar-refractivity contribution in [1.29, 1.82) is 0 Å². The second-order valence-electron chi connectivity index (χ2n) is 4.09. The number of halogens is 2. The van der Waals surface area contributed by atoms with Crippen LogP contribution < -0.4 is 11.3 Å². The van der Waals surface area contributed by atoms with Gasteiger partial charge in [-0.2, -0.15) is 0 Å². The number of hydrogen-bond donors (Lipinski definition) is 2. The molecule has 2 aromatic rings. The van der Waals surface area contributed by atoms with Gasteiger partial charge in [-0.25, -0.2) is 20.2 Å². The van der Waals surface area contributed by atoms with Gasteiger partial charge in [-0.05, 0) is 40.5 Å². The SMILES string of the molecule is CCCc1cc(NN)nc(-c2ccc(Br)c(F)c2)n1. The van der Waals surface area contributed by atoms with E-state index in [1.165, 1.54) is 6.07 Å². The van der Waals surface area contributed by atoms with Gasteiger partial charge < -0.3 is 5.43 Å². The molecule has 0 atom stereocenters. The zero-order valence-electron chi connectivity index (χ0n) is 10.5. The summed E-state index contributed by atoms with van der Waals surface area (Å²) in [4.78, 5) is 8.67. The van der Waals surface area contributed by atoms with Crippen molar-refractivity contribution in [3.8, 4) is 11.4 Å². The lowest BCUT2D eigenvalue weighted by molar-refractivity contribution is 0.621. The molecule has 0 spiro atoms. The van der Waals surface area contributed by atoms with Gasteiger partial charge in [0, 0.05) is 17.3 Å². The maximum atomic E-state index is 13.6. The molecule has 0 saturated heterocycles. The first-order chi connectivity index (χ1) is 9.13. The van der Waals surface area contributed by atoms with Crippen LogP contribution in [0.3, 0.4) is 0 Å². The minimum atomic E-state index is -0.343. The molecule has 6 heteroatoms. The van der Waals surface area contributed by atoms with E-state index in [-0.39, 0.29) is 5.82 Å². The Balaban J connectivity index is 2.47. The van der Waals surface area contributed by atoms with E-state index in [0.717, 1.165) is 18.5 Å². The summed E-state index contributed by atoms with van der Waals surface area (Å²) in [5.41, 5.74) is 4.01. The van der Waals surface area contributed by atoms with Crippen LogP contribution in [0.1, 0.15) is 19.0 Å². The quantitative estimate of drug-likeness (QED) is 0.669. The zero-order valence-corrected chi connectivity index (χ0v) is 12.0. The summed E-state index contributed by atoms with van der Waals surface area (Å²) >= 11 is 3.12. The Morgan fingerprint density at radius 2 is 2.11 bits per heavy atom. The molecule has 0 aliphatic heterocycles. The van der Waals surface area contributed by atoms with Crippen LogP contribution >= 0.6 is 15.9 Å². The molecule has 0 radical (unpaired) electrons. The van der Waals surface area contributed by atoms with Crippen molar-refractivity contribution in [3.63, 3.8) is 0 Å². The van der Waals surface area contributed by atoms with Crippen LogP contribution in [0.5, 0.6) is 0 Å². The molecule has 1 aromatic heterocycles. The van der Waals surface area contributed by atoms with Gasteiger partial charge in [-0.3, -0.25) is 0 Å². The number of nitrogens with one attached hydrogen (secondary N) is 1. The minimum Gasteiger partial charge on any atom is -0.308 e. The number of aromatic nitrogens is 2. The van der Waals surface area contributed by atoms with Crippen LogP contribution in [0.15, 0.2) is 28.7 Å².